The maximum Gasteiger partial charge on any atom is 0.321 e. The molecule has 1 atom stereocenters. The van der Waals surface area contributed by atoms with E-state index in [-0.39, 0.29) is 12.6 Å². The van der Waals surface area contributed by atoms with Gasteiger partial charge in [-0.2, -0.15) is 0 Å². The normalized spacial score (nSPS) is 10.4. The van der Waals surface area contributed by atoms with E-state index in [1.807, 2.05) is 46.0 Å². The molecule has 0 aliphatic carbocycles. The molecular formula is C23H38N4O4. The molecule has 0 saturated carbocycles. The molecule has 0 spiro atoms. The van der Waals surface area contributed by atoms with E-state index in [1.54, 1.807) is 6.92 Å². The second-order valence-corrected chi connectivity index (χ2v) is 6.35. The summed E-state index contributed by atoms with van der Waals surface area (Å²) in [4.78, 5) is 24.6. The molecule has 3 amide bonds. The number of carbonyl (C=O) groups excluding carboxylic acids is 2. The number of nitrogens with two attached hydrogens (primary N) is 1. The predicted molar refractivity (Wildman–Crippen MR) is 125 cm³/mol. The largest absolute Gasteiger partial charge is 0.361 e. The van der Waals surface area contributed by atoms with Crippen molar-refractivity contribution in [1.29, 1.82) is 0 Å². The van der Waals surface area contributed by atoms with Crippen molar-refractivity contribution in [1.82, 2.24) is 15.8 Å². The fourth-order valence-corrected chi connectivity index (χ4v) is 2.25. The summed E-state index contributed by atoms with van der Waals surface area (Å²) < 4.78 is 4.71. The van der Waals surface area contributed by atoms with E-state index in [4.69, 9.17) is 10.4 Å². The molecule has 1 aromatic carbocycles. The molecule has 8 nitrogen and oxygen atoms in total. The quantitative estimate of drug-likeness (QED) is 0.475. The molecule has 1 aromatic heterocycles. The first kappa shape index (κ1) is 30.2. The number of urea groups is 1. The van der Waals surface area contributed by atoms with Gasteiger partial charge in [-0.15, -0.1) is 0 Å². The van der Waals surface area contributed by atoms with Gasteiger partial charge in [0.25, 0.3) is 0 Å². The third kappa shape index (κ3) is 15.5. The smallest absolute Gasteiger partial charge is 0.321 e. The van der Waals surface area contributed by atoms with Gasteiger partial charge in [0.05, 0.1) is 18.3 Å². The zero-order valence-corrected chi connectivity index (χ0v) is 20.0. The Morgan fingerprint density at radius 2 is 1.81 bits per heavy atom. The molecule has 1 unspecified atom stereocenters. The van der Waals surface area contributed by atoms with Gasteiger partial charge in [0.1, 0.15) is 5.76 Å². The lowest BCUT2D eigenvalue weighted by atomic mass is 10.0. The molecule has 0 aliphatic heterocycles. The van der Waals surface area contributed by atoms with Crippen molar-refractivity contribution in [2.45, 2.75) is 61.4 Å². The van der Waals surface area contributed by atoms with Crippen LogP contribution in [0.15, 0.2) is 34.9 Å². The van der Waals surface area contributed by atoms with E-state index < -0.39 is 6.03 Å². The summed E-state index contributed by atoms with van der Waals surface area (Å²) in [5.74, 6) is 5.61. The fourth-order valence-electron chi connectivity index (χ4n) is 2.25. The summed E-state index contributed by atoms with van der Waals surface area (Å²) in [5, 5.41) is 7.94. The summed E-state index contributed by atoms with van der Waals surface area (Å²) in [6.07, 6.45) is 4.53. The summed E-state index contributed by atoms with van der Waals surface area (Å²) >= 11 is 0. The monoisotopic (exact) mass is 434 g/mol. The summed E-state index contributed by atoms with van der Waals surface area (Å²) in [7, 11) is 0. The summed E-state index contributed by atoms with van der Waals surface area (Å²) in [5.41, 5.74) is 5.00. The number of aromatic nitrogens is 1. The number of carbonyl (C=O) groups is 2. The number of nitrogens with zero attached hydrogens (tertiary/aromatic N) is 1. The minimum Gasteiger partial charge on any atom is -0.361 e. The molecule has 174 valence electrons. The van der Waals surface area contributed by atoms with Gasteiger partial charge >= 0.3 is 6.03 Å². The van der Waals surface area contributed by atoms with E-state index in [9.17, 15) is 9.59 Å². The Morgan fingerprint density at radius 1 is 1.23 bits per heavy atom. The van der Waals surface area contributed by atoms with Crippen LogP contribution in [0.1, 0.15) is 55.8 Å². The van der Waals surface area contributed by atoms with Crippen LogP contribution in [0.2, 0.25) is 0 Å². The molecule has 1 heterocycles. The minimum absolute atomic E-state index is 0.201. The molecule has 4 N–H and O–H groups in total. The van der Waals surface area contributed by atoms with Crippen LogP contribution in [0.3, 0.4) is 0 Å². The molecule has 31 heavy (non-hydrogen) atoms. The van der Waals surface area contributed by atoms with Crippen LogP contribution in [-0.2, 0) is 9.63 Å². The van der Waals surface area contributed by atoms with Gasteiger partial charge in [0.2, 0.25) is 6.41 Å². The molecule has 0 aliphatic rings. The summed E-state index contributed by atoms with van der Waals surface area (Å²) in [6, 6.07) is 7.48. The number of allylic oxidation sites excluding steroid dienone is 1. The van der Waals surface area contributed by atoms with Gasteiger partial charge in [-0.1, -0.05) is 49.4 Å². The number of hydrogen-bond donors (Lipinski definition) is 3. The highest BCUT2D eigenvalue weighted by molar-refractivity contribution is 5.84. The van der Waals surface area contributed by atoms with Gasteiger partial charge < -0.3 is 14.7 Å². The van der Waals surface area contributed by atoms with Gasteiger partial charge in [0.15, 0.2) is 0 Å². The van der Waals surface area contributed by atoms with E-state index in [2.05, 4.69) is 59.5 Å². The molecule has 8 heteroatoms. The Kier molecular flexibility index (Phi) is 18.5. The van der Waals surface area contributed by atoms with Gasteiger partial charge in [-0.3, -0.25) is 10.1 Å². The van der Waals surface area contributed by atoms with Gasteiger partial charge in [-0.05, 0) is 58.2 Å². The minimum atomic E-state index is -0.565. The lowest BCUT2D eigenvalue weighted by molar-refractivity contribution is -0.108. The van der Waals surface area contributed by atoms with Crippen LogP contribution >= 0.6 is 0 Å². The zero-order chi connectivity index (χ0) is 24.2. The molecule has 0 radical (unpaired) electrons. The molecule has 2 aromatic rings. The maximum absolute atomic E-state index is 10.6. The van der Waals surface area contributed by atoms with Crippen LogP contribution < -0.4 is 16.5 Å². The molecule has 2 rings (SSSR count). The molecule has 0 bridgehead atoms. The van der Waals surface area contributed by atoms with Crippen molar-refractivity contribution in [2.75, 3.05) is 6.61 Å². The number of amides is 3. The SMILES string of the molecule is C/C=C\c1c(C)cccc1C.CC.CC(CON)NC(=O)NC=O.Cc1cc(C)on1. The second kappa shape index (κ2) is 19.0. The topological polar surface area (TPSA) is 119 Å². The molecular weight excluding hydrogens is 396 g/mol. The zero-order valence-electron chi connectivity index (χ0n) is 20.0. The first-order valence-corrected chi connectivity index (χ1v) is 10.2. The summed E-state index contributed by atoms with van der Waals surface area (Å²) in [6.45, 7) is 16.0. The first-order valence-electron chi connectivity index (χ1n) is 10.2. The van der Waals surface area contributed by atoms with E-state index >= 15 is 0 Å². The van der Waals surface area contributed by atoms with Crippen LogP contribution in [-0.4, -0.2) is 30.2 Å². The molecule has 0 saturated heterocycles. The standard InChI is InChI=1S/C11H14.C5H11N3O3.C5H7NO.C2H6/c1-4-6-11-9(2)7-5-8-10(11)3;1-4(2-11-6)8-5(10)7-3-9;1-4-3-5(2)7-6-4;1-2/h4-8H,1-3H3;3-4H,2,6H2,1H3,(H2,7,8,9,10);3H,1-2H3;1-2H3/b6-4-;;;. The highest BCUT2D eigenvalue weighted by Gasteiger charge is 2.04. The number of aryl methyl sites for hydroxylation is 4. The van der Waals surface area contributed by atoms with Crippen LogP contribution in [0.25, 0.3) is 6.08 Å². The first-order chi connectivity index (χ1) is 14.7. The van der Waals surface area contributed by atoms with Crippen molar-refractivity contribution in [3.8, 4) is 0 Å². The number of benzene rings is 1. The van der Waals surface area contributed by atoms with Gasteiger partial charge in [0, 0.05) is 6.07 Å². The Bertz CT molecular complexity index is 736. The highest BCUT2D eigenvalue weighted by atomic mass is 16.6. The average Bonchev–Trinajstić information content (AvgIpc) is 3.10. The van der Waals surface area contributed by atoms with Crippen molar-refractivity contribution >= 4 is 18.5 Å². The van der Waals surface area contributed by atoms with E-state index in [0.717, 1.165) is 11.5 Å². The Hall–Kier alpha value is -2.97. The second-order valence-electron chi connectivity index (χ2n) is 6.35. The van der Waals surface area contributed by atoms with Crippen molar-refractivity contribution in [2.24, 2.45) is 5.90 Å². The van der Waals surface area contributed by atoms with Crippen molar-refractivity contribution in [3.05, 3.63) is 58.5 Å². The average molecular weight is 435 g/mol. The predicted octanol–water partition coefficient (Wildman–Crippen LogP) is 4.37. The number of rotatable bonds is 5. The van der Waals surface area contributed by atoms with Crippen molar-refractivity contribution in [3.63, 3.8) is 0 Å². The third-order valence-electron chi connectivity index (χ3n) is 3.53. The van der Waals surface area contributed by atoms with E-state index in [0.29, 0.717) is 6.41 Å². The van der Waals surface area contributed by atoms with Gasteiger partial charge in [-0.25, -0.2) is 10.7 Å². The van der Waals surface area contributed by atoms with Crippen LogP contribution in [0.5, 0.6) is 0 Å². The lowest BCUT2D eigenvalue weighted by Gasteiger charge is -2.10. The van der Waals surface area contributed by atoms with Crippen LogP contribution in [0, 0.1) is 27.7 Å². The fraction of sp³-hybridized carbons (Fsp3) is 0.435. The maximum atomic E-state index is 10.6. The Morgan fingerprint density at radius 3 is 2.16 bits per heavy atom. The Balaban J connectivity index is 0. The lowest BCUT2D eigenvalue weighted by Crippen LogP contribution is -2.42. The van der Waals surface area contributed by atoms with E-state index in [1.165, 1.54) is 16.7 Å². The Labute approximate surface area is 186 Å². The highest BCUT2D eigenvalue weighted by Crippen LogP contribution is 2.14. The number of imide groups is 1. The number of hydrogen-bond acceptors (Lipinski definition) is 6. The molecule has 0 fully saturated rings. The van der Waals surface area contributed by atoms with Crippen molar-refractivity contribution < 1.29 is 18.9 Å². The van der Waals surface area contributed by atoms with Crippen LogP contribution in [0.4, 0.5) is 4.79 Å². The third-order valence-corrected chi connectivity index (χ3v) is 3.53. The number of nitrogens with one attached hydrogen (secondary N) is 2.